The Hall–Kier alpha value is -0.980. The van der Waals surface area contributed by atoms with Gasteiger partial charge in [0.15, 0.2) is 12.1 Å². The van der Waals surface area contributed by atoms with E-state index in [1.807, 2.05) is 32.0 Å². The quantitative estimate of drug-likeness (QED) is 0.853. The highest BCUT2D eigenvalue weighted by Gasteiger charge is 2.70. The van der Waals surface area contributed by atoms with Crippen LogP contribution < -0.4 is 0 Å². The van der Waals surface area contributed by atoms with E-state index in [1.165, 1.54) is 0 Å². The average Bonchev–Trinajstić information content (AvgIpc) is 3.09. The highest BCUT2D eigenvalue weighted by molar-refractivity contribution is 5.16. The van der Waals surface area contributed by atoms with Crippen LogP contribution in [0.2, 0.25) is 0 Å². The molecule has 0 amide bonds. The monoisotopic (exact) mass is 320 g/mol. The lowest BCUT2D eigenvalue weighted by atomic mass is 9.95. The van der Waals surface area contributed by atoms with Gasteiger partial charge in [0, 0.05) is 7.11 Å². The first kappa shape index (κ1) is 15.5. The van der Waals surface area contributed by atoms with Crippen LogP contribution in [0.25, 0.3) is 0 Å². The summed E-state index contributed by atoms with van der Waals surface area (Å²) in [6, 6.07) is 10.2. The molecule has 5 atom stereocenters. The molecule has 4 rings (SSSR count). The third-order valence-electron chi connectivity index (χ3n) is 5.03. The van der Waals surface area contributed by atoms with E-state index in [-0.39, 0.29) is 18.3 Å². The minimum absolute atomic E-state index is 0.00430. The van der Waals surface area contributed by atoms with Gasteiger partial charge in [-0.05, 0) is 32.3 Å². The Bertz CT molecular complexity index is 560. The van der Waals surface area contributed by atoms with Crippen LogP contribution in [-0.2, 0) is 30.3 Å². The Balaban J connectivity index is 1.50. The summed E-state index contributed by atoms with van der Waals surface area (Å²) in [7, 11) is 1.65. The fourth-order valence-electron chi connectivity index (χ4n) is 4.17. The molecule has 1 aliphatic carbocycles. The Morgan fingerprint density at radius 1 is 1.17 bits per heavy atom. The summed E-state index contributed by atoms with van der Waals surface area (Å²) in [4.78, 5) is 0. The van der Waals surface area contributed by atoms with Gasteiger partial charge in [0.1, 0.15) is 17.8 Å². The second kappa shape index (κ2) is 5.53. The molecule has 1 aromatic rings. The Morgan fingerprint density at radius 2 is 1.96 bits per heavy atom. The van der Waals surface area contributed by atoms with Gasteiger partial charge in [-0.1, -0.05) is 30.3 Å². The zero-order chi connectivity index (χ0) is 16.1. The molecular weight excluding hydrogens is 296 g/mol. The molecule has 5 heteroatoms. The average molecular weight is 320 g/mol. The molecule has 0 unspecified atom stereocenters. The van der Waals surface area contributed by atoms with E-state index in [2.05, 4.69) is 12.1 Å². The van der Waals surface area contributed by atoms with Crippen LogP contribution in [0, 0.1) is 0 Å². The fourth-order valence-corrected chi connectivity index (χ4v) is 4.17. The predicted octanol–water partition coefficient (Wildman–Crippen LogP) is 2.63. The van der Waals surface area contributed by atoms with Crippen LogP contribution in [0.5, 0.6) is 0 Å². The number of methoxy groups -OCH3 is 1. The zero-order valence-electron chi connectivity index (χ0n) is 13.9. The number of ether oxygens (including phenoxy) is 5. The molecule has 3 fully saturated rings. The van der Waals surface area contributed by atoms with Crippen molar-refractivity contribution in [2.24, 2.45) is 0 Å². The Kier molecular flexibility index (Phi) is 3.74. The van der Waals surface area contributed by atoms with Crippen LogP contribution in [0.3, 0.4) is 0 Å². The van der Waals surface area contributed by atoms with Crippen molar-refractivity contribution in [3.8, 4) is 0 Å². The van der Waals surface area contributed by atoms with E-state index >= 15 is 0 Å². The Morgan fingerprint density at radius 3 is 2.70 bits per heavy atom. The van der Waals surface area contributed by atoms with Crippen molar-refractivity contribution in [3.05, 3.63) is 35.9 Å². The van der Waals surface area contributed by atoms with Crippen molar-refractivity contribution in [2.75, 3.05) is 7.11 Å². The molecule has 0 aromatic heterocycles. The van der Waals surface area contributed by atoms with E-state index in [9.17, 15) is 0 Å². The molecule has 0 N–H and O–H groups in total. The molecule has 1 saturated carbocycles. The zero-order valence-corrected chi connectivity index (χ0v) is 13.9. The fraction of sp³-hybridized carbons (Fsp3) is 0.667. The molecule has 23 heavy (non-hydrogen) atoms. The van der Waals surface area contributed by atoms with E-state index in [0.717, 1.165) is 18.4 Å². The maximum atomic E-state index is 6.29. The third kappa shape index (κ3) is 2.51. The Labute approximate surface area is 136 Å². The van der Waals surface area contributed by atoms with Crippen molar-refractivity contribution in [3.63, 3.8) is 0 Å². The van der Waals surface area contributed by atoms with Gasteiger partial charge in [-0.25, -0.2) is 0 Å². The van der Waals surface area contributed by atoms with Gasteiger partial charge in [0.05, 0.1) is 12.7 Å². The largest absolute Gasteiger partial charge is 0.371 e. The van der Waals surface area contributed by atoms with Gasteiger partial charge in [-0.2, -0.15) is 0 Å². The molecule has 2 saturated heterocycles. The first-order chi connectivity index (χ1) is 11.0. The predicted molar refractivity (Wildman–Crippen MR) is 82.7 cm³/mol. The van der Waals surface area contributed by atoms with Crippen molar-refractivity contribution < 1.29 is 23.7 Å². The molecule has 0 bridgehead atoms. The van der Waals surface area contributed by atoms with Gasteiger partial charge in [-0.3, -0.25) is 0 Å². The van der Waals surface area contributed by atoms with Crippen LogP contribution in [0.15, 0.2) is 30.3 Å². The minimum Gasteiger partial charge on any atom is -0.371 e. The lowest BCUT2D eigenvalue weighted by Crippen LogP contribution is -2.45. The van der Waals surface area contributed by atoms with Crippen LogP contribution >= 0.6 is 0 Å². The molecule has 0 radical (unpaired) electrons. The van der Waals surface area contributed by atoms with E-state index in [1.54, 1.807) is 7.11 Å². The number of rotatable bonds is 4. The second-order valence-electron chi connectivity index (χ2n) is 7.03. The summed E-state index contributed by atoms with van der Waals surface area (Å²) in [5.41, 5.74) is 0.709. The number of benzene rings is 1. The van der Waals surface area contributed by atoms with Gasteiger partial charge in [-0.15, -0.1) is 0 Å². The standard InChI is InChI=1S/C18H24O5/c1-17(2)22-15-16(19-3)21-14-13(9-10-18(14,15)23-17)20-11-12-7-5-4-6-8-12/h4-8,13-16H,9-11H2,1-3H3/t13-,14-,15+,16+,18-/m1/s1. The number of hydrogen-bond acceptors (Lipinski definition) is 5. The lowest BCUT2D eigenvalue weighted by molar-refractivity contribution is -0.243. The molecule has 2 heterocycles. The molecule has 2 aliphatic heterocycles. The van der Waals surface area contributed by atoms with E-state index in [4.69, 9.17) is 23.7 Å². The van der Waals surface area contributed by atoms with Crippen molar-refractivity contribution >= 4 is 0 Å². The van der Waals surface area contributed by atoms with Gasteiger partial charge >= 0.3 is 0 Å². The molecule has 1 aromatic carbocycles. The normalized spacial score (nSPS) is 41.0. The first-order valence-electron chi connectivity index (χ1n) is 8.26. The molecule has 3 aliphatic rings. The third-order valence-corrected chi connectivity index (χ3v) is 5.03. The van der Waals surface area contributed by atoms with E-state index in [0.29, 0.717) is 6.61 Å². The summed E-state index contributed by atoms with van der Waals surface area (Å²) in [5.74, 6) is -0.613. The topological polar surface area (TPSA) is 46.2 Å². The van der Waals surface area contributed by atoms with Crippen LogP contribution in [0.4, 0.5) is 0 Å². The summed E-state index contributed by atoms with van der Waals surface area (Å²) < 4.78 is 30.1. The summed E-state index contributed by atoms with van der Waals surface area (Å²) in [5, 5.41) is 0. The first-order valence-corrected chi connectivity index (χ1v) is 8.26. The number of hydrogen-bond donors (Lipinski definition) is 0. The summed E-state index contributed by atoms with van der Waals surface area (Å²) >= 11 is 0. The summed E-state index contributed by atoms with van der Waals surface area (Å²) in [6.45, 7) is 4.47. The van der Waals surface area contributed by atoms with Crippen molar-refractivity contribution in [2.45, 2.75) is 69.3 Å². The highest BCUT2D eigenvalue weighted by atomic mass is 16.8. The van der Waals surface area contributed by atoms with Gasteiger partial charge in [0.2, 0.25) is 0 Å². The maximum Gasteiger partial charge on any atom is 0.187 e. The molecule has 126 valence electrons. The maximum absolute atomic E-state index is 6.29. The summed E-state index contributed by atoms with van der Waals surface area (Å²) in [6.07, 6.45) is 1.02. The van der Waals surface area contributed by atoms with Gasteiger partial charge in [0.25, 0.3) is 0 Å². The van der Waals surface area contributed by atoms with Crippen LogP contribution in [0.1, 0.15) is 32.3 Å². The molecular formula is C18H24O5. The highest BCUT2D eigenvalue weighted by Crippen LogP contribution is 2.54. The molecule has 5 nitrogen and oxygen atoms in total. The SMILES string of the molecule is CO[C@H]1O[C@@H]2[C@H](OCc3ccccc3)CC[C@@]23OC(C)(C)O[C@@H]13. The smallest absolute Gasteiger partial charge is 0.187 e. The van der Waals surface area contributed by atoms with Crippen LogP contribution in [-0.4, -0.2) is 43.1 Å². The van der Waals surface area contributed by atoms with Crippen molar-refractivity contribution in [1.82, 2.24) is 0 Å². The van der Waals surface area contributed by atoms with E-state index < -0.39 is 17.7 Å². The molecule has 1 spiro atoms. The minimum atomic E-state index is -0.613. The second-order valence-corrected chi connectivity index (χ2v) is 7.03. The van der Waals surface area contributed by atoms with Crippen molar-refractivity contribution in [1.29, 1.82) is 0 Å². The van der Waals surface area contributed by atoms with Gasteiger partial charge < -0.3 is 23.7 Å². The lowest BCUT2D eigenvalue weighted by Gasteiger charge is -2.29.